The number of rotatable bonds is 8. The van der Waals surface area contributed by atoms with E-state index in [1.807, 2.05) is 26.8 Å². The van der Waals surface area contributed by atoms with Crippen LogP contribution >= 0.6 is 0 Å². The van der Waals surface area contributed by atoms with E-state index >= 15 is 0 Å². The molecule has 2 heterocycles. The summed E-state index contributed by atoms with van der Waals surface area (Å²) in [5.74, 6) is 0.0884. The Morgan fingerprint density at radius 2 is 1.89 bits per heavy atom. The standard InChI is InChI=1S/C24H38O11/c1-12-7-14(27)8-23(3,4)15(12)6-5-13(2)33-21-19(18(29)17(28)16(9-25)34-21)35-22-20(30)24(31,10-26)11-32-22/h5-7,13,15-22,25-26,28-31H,8-11H2,1-4H3/b6-5+/t13?,15?,16-,17-,18+,19-,20+,21-,22+,24-/m1/s1. The van der Waals surface area contributed by atoms with Gasteiger partial charge in [0.2, 0.25) is 0 Å². The fourth-order valence-corrected chi connectivity index (χ4v) is 4.88. The lowest BCUT2D eigenvalue weighted by molar-refractivity contribution is -0.339. The van der Waals surface area contributed by atoms with Crippen molar-refractivity contribution in [2.45, 2.75) is 88.9 Å². The molecular weight excluding hydrogens is 464 g/mol. The zero-order valence-electron chi connectivity index (χ0n) is 20.5. The molecule has 0 aromatic carbocycles. The Morgan fingerprint density at radius 3 is 2.46 bits per heavy atom. The van der Waals surface area contributed by atoms with Crippen molar-refractivity contribution in [1.29, 1.82) is 0 Å². The molecule has 3 aliphatic rings. The first-order valence-corrected chi connectivity index (χ1v) is 11.8. The molecule has 0 radical (unpaired) electrons. The van der Waals surface area contributed by atoms with Gasteiger partial charge in [-0.1, -0.05) is 31.6 Å². The van der Waals surface area contributed by atoms with Crippen molar-refractivity contribution in [3.05, 3.63) is 23.8 Å². The van der Waals surface area contributed by atoms with Gasteiger partial charge in [0.05, 0.1) is 25.9 Å². The van der Waals surface area contributed by atoms with Gasteiger partial charge in [-0.25, -0.2) is 0 Å². The minimum absolute atomic E-state index is 0.00127. The van der Waals surface area contributed by atoms with Crippen molar-refractivity contribution < 1.29 is 54.4 Å². The molecule has 0 aromatic heterocycles. The van der Waals surface area contributed by atoms with Crippen molar-refractivity contribution in [1.82, 2.24) is 0 Å². The molecule has 35 heavy (non-hydrogen) atoms. The summed E-state index contributed by atoms with van der Waals surface area (Å²) < 4.78 is 22.5. The van der Waals surface area contributed by atoms with Crippen LogP contribution in [0.2, 0.25) is 0 Å². The number of hydrogen-bond acceptors (Lipinski definition) is 11. The molecule has 3 rings (SSSR count). The van der Waals surface area contributed by atoms with E-state index in [-0.39, 0.29) is 17.1 Å². The molecule has 6 N–H and O–H groups in total. The van der Waals surface area contributed by atoms with Gasteiger partial charge >= 0.3 is 0 Å². The molecule has 2 unspecified atom stereocenters. The fraction of sp³-hybridized carbons (Fsp3) is 0.792. The smallest absolute Gasteiger partial charge is 0.187 e. The maximum atomic E-state index is 11.9. The summed E-state index contributed by atoms with van der Waals surface area (Å²) >= 11 is 0. The van der Waals surface area contributed by atoms with Crippen LogP contribution in [0.5, 0.6) is 0 Å². The van der Waals surface area contributed by atoms with Gasteiger partial charge in [0.1, 0.15) is 36.1 Å². The van der Waals surface area contributed by atoms with Crippen molar-refractivity contribution >= 4 is 5.78 Å². The number of aliphatic hydroxyl groups excluding tert-OH is 5. The van der Waals surface area contributed by atoms with Crippen LogP contribution in [-0.4, -0.2) is 111 Å². The summed E-state index contributed by atoms with van der Waals surface area (Å²) in [5.41, 5.74) is -1.28. The monoisotopic (exact) mass is 502 g/mol. The van der Waals surface area contributed by atoms with Crippen molar-refractivity contribution in [3.8, 4) is 0 Å². The van der Waals surface area contributed by atoms with Gasteiger partial charge < -0.3 is 49.6 Å². The molecule has 2 fully saturated rings. The van der Waals surface area contributed by atoms with Gasteiger partial charge in [-0.2, -0.15) is 0 Å². The van der Waals surface area contributed by atoms with Gasteiger partial charge in [-0.15, -0.1) is 0 Å². The summed E-state index contributed by atoms with van der Waals surface area (Å²) in [6.07, 6.45) is -4.70. The van der Waals surface area contributed by atoms with Crippen molar-refractivity contribution in [3.63, 3.8) is 0 Å². The SMILES string of the molecule is CC1=CC(=O)CC(C)(C)C1/C=C/C(C)O[C@@H]1O[C@H](CO)[C@@H](O)[C@H](O)[C@H]1O[C@@H]1OC[C@](O)(CO)[C@H]1O. The van der Waals surface area contributed by atoms with E-state index in [9.17, 15) is 35.4 Å². The molecule has 10 atom stereocenters. The van der Waals surface area contributed by atoms with E-state index < -0.39 is 74.6 Å². The number of aliphatic hydroxyl groups is 6. The van der Waals surface area contributed by atoms with Gasteiger partial charge in [0, 0.05) is 12.3 Å². The van der Waals surface area contributed by atoms with Crippen LogP contribution in [0.25, 0.3) is 0 Å². The highest BCUT2D eigenvalue weighted by Crippen LogP contribution is 2.40. The van der Waals surface area contributed by atoms with E-state index in [4.69, 9.17) is 18.9 Å². The first-order valence-electron chi connectivity index (χ1n) is 11.8. The predicted molar refractivity (Wildman–Crippen MR) is 121 cm³/mol. The van der Waals surface area contributed by atoms with Crippen LogP contribution < -0.4 is 0 Å². The van der Waals surface area contributed by atoms with Gasteiger partial charge in [-0.05, 0) is 25.3 Å². The second-order valence-electron chi connectivity index (χ2n) is 10.4. The molecule has 0 bridgehead atoms. The maximum Gasteiger partial charge on any atom is 0.187 e. The Balaban J connectivity index is 1.74. The van der Waals surface area contributed by atoms with E-state index in [2.05, 4.69) is 0 Å². The first kappa shape index (κ1) is 28.3. The number of allylic oxidation sites excluding steroid dienone is 3. The van der Waals surface area contributed by atoms with Crippen LogP contribution in [-0.2, 0) is 23.7 Å². The lowest BCUT2D eigenvalue weighted by atomic mass is 9.68. The lowest BCUT2D eigenvalue weighted by Gasteiger charge is -2.43. The third-order valence-corrected chi connectivity index (χ3v) is 6.97. The average molecular weight is 503 g/mol. The molecule has 0 spiro atoms. The third-order valence-electron chi connectivity index (χ3n) is 6.97. The number of carbonyl (C=O) groups excluding carboxylic acids is 1. The molecule has 200 valence electrons. The summed E-state index contributed by atoms with van der Waals surface area (Å²) in [6, 6.07) is 0. The van der Waals surface area contributed by atoms with E-state index in [1.54, 1.807) is 19.1 Å². The van der Waals surface area contributed by atoms with Crippen LogP contribution in [0.4, 0.5) is 0 Å². The van der Waals surface area contributed by atoms with E-state index in [0.717, 1.165) is 5.57 Å². The minimum Gasteiger partial charge on any atom is -0.394 e. The van der Waals surface area contributed by atoms with Crippen molar-refractivity contribution in [2.24, 2.45) is 11.3 Å². The molecule has 2 saturated heterocycles. The number of ketones is 1. The molecule has 1 aliphatic carbocycles. The zero-order valence-corrected chi connectivity index (χ0v) is 20.5. The van der Waals surface area contributed by atoms with Gasteiger partial charge in [0.15, 0.2) is 18.4 Å². The predicted octanol–water partition coefficient (Wildman–Crippen LogP) is -1.23. The summed E-state index contributed by atoms with van der Waals surface area (Å²) in [6.45, 7) is 5.89. The van der Waals surface area contributed by atoms with Gasteiger partial charge in [-0.3, -0.25) is 4.79 Å². The van der Waals surface area contributed by atoms with Crippen LogP contribution in [0.3, 0.4) is 0 Å². The molecular formula is C24H38O11. The summed E-state index contributed by atoms with van der Waals surface area (Å²) in [7, 11) is 0. The summed E-state index contributed by atoms with van der Waals surface area (Å²) in [4.78, 5) is 11.9. The van der Waals surface area contributed by atoms with E-state index in [0.29, 0.717) is 6.42 Å². The fourth-order valence-electron chi connectivity index (χ4n) is 4.88. The quantitative estimate of drug-likeness (QED) is 0.219. The second-order valence-corrected chi connectivity index (χ2v) is 10.4. The highest BCUT2D eigenvalue weighted by atomic mass is 16.8. The number of ether oxygens (including phenoxy) is 4. The first-order chi connectivity index (χ1) is 16.3. The number of hydrogen-bond donors (Lipinski definition) is 6. The topological polar surface area (TPSA) is 175 Å². The molecule has 2 aliphatic heterocycles. The van der Waals surface area contributed by atoms with Crippen LogP contribution in [0.1, 0.15) is 34.1 Å². The Kier molecular flexibility index (Phi) is 8.91. The Bertz CT molecular complexity index is 811. The Morgan fingerprint density at radius 1 is 1.20 bits per heavy atom. The average Bonchev–Trinajstić information content (AvgIpc) is 3.06. The lowest BCUT2D eigenvalue weighted by Crippen LogP contribution is -2.61. The largest absolute Gasteiger partial charge is 0.394 e. The maximum absolute atomic E-state index is 11.9. The molecule has 11 heteroatoms. The van der Waals surface area contributed by atoms with E-state index in [1.165, 1.54) is 0 Å². The van der Waals surface area contributed by atoms with Gasteiger partial charge in [0.25, 0.3) is 0 Å². The molecule has 0 saturated carbocycles. The highest BCUT2D eigenvalue weighted by molar-refractivity contribution is 5.92. The molecule has 0 aromatic rings. The molecule has 0 amide bonds. The second kappa shape index (κ2) is 11.0. The normalized spacial score (nSPS) is 42.9. The third kappa shape index (κ3) is 6.02. The Labute approximate surface area is 204 Å². The highest BCUT2D eigenvalue weighted by Gasteiger charge is 2.53. The van der Waals surface area contributed by atoms with Crippen LogP contribution in [0, 0.1) is 11.3 Å². The number of carbonyl (C=O) groups is 1. The van der Waals surface area contributed by atoms with Crippen LogP contribution in [0.15, 0.2) is 23.8 Å². The van der Waals surface area contributed by atoms with Crippen molar-refractivity contribution in [2.75, 3.05) is 19.8 Å². The minimum atomic E-state index is -1.94. The Hall–Kier alpha value is -1.25. The molecule has 11 nitrogen and oxygen atoms in total. The zero-order chi connectivity index (χ0) is 26.1. The summed E-state index contributed by atoms with van der Waals surface area (Å²) in [5, 5.41) is 60.4.